The second kappa shape index (κ2) is 5.16. The lowest BCUT2D eigenvalue weighted by Gasteiger charge is -2.22. The van der Waals surface area contributed by atoms with Crippen LogP contribution in [0.3, 0.4) is 0 Å². The van der Waals surface area contributed by atoms with Crippen LogP contribution in [0.2, 0.25) is 0 Å². The first kappa shape index (κ1) is 13.4. The molecule has 1 saturated carbocycles. The van der Waals surface area contributed by atoms with Crippen molar-refractivity contribution in [3.05, 3.63) is 46.1 Å². The maximum Gasteiger partial charge on any atom is 0.276 e. The van der Waals surface area contributed by atoms with Gasteiger partial charge in [0.05, 0.1) is 11.8 Å². The molecular formula is C17H19N3O2. The standard InChI is InChI=1S/C17H19N3O2/c1-11-10-14-18-16(13-8-5-9-22-13)15(17(21)20(14)19-11)12-6-3-2-4-7-12/h5,8-10,12,19H,2-4,6-7H2,1H3. The van der Waals surface area contributed by atoms with Crippen LogP contribution in [0.25, 0.3) is 17.1 Å². The number of aryl methyl sites for hydroxylation is 1. The molecule has 4 rings (SSSR count). The molecule has 0 unspecified atom stereocenters. The summed E-state index contributed by atoms with van der Waals surface area (Å²) >= 11 is 0. The van der Waals surface area contributed by atoms with E-state index < -0.39 is 0 Å². The second-order valence-electron chi connectivity index (χ2n) is 6.12. The smallest absolute Gasteiger partial charge is 0.276 e. The molecule has 1 fully saturated rings. The van der Waals surface area contributed by atoms with E-state index >= 15 is 0 Å². The van der Waals surface area contributed by atoms with Gasteiger partial charge in [0.1, 0.15) is 5.69 Å². The summed E-state index contributed by atoms with van der Waals surface area (Å²) in [5.41, 5.74) is 3.09. The number of aromatic nitrogens is 3. The Hall–Kier alpha value is -2.30. The fourth-order valence-electron chi connectivity index (χ4n) is 3.52. The number of nitrogens with zero attached hydrogens (tertiary/aromatic N) is 2. The molecule has 1 aliphatic carbocycles. The van der Waals surface area contributed by atoms with E-state index in [-0.39, 0.29) is 11.5 Å². The lowest BCUT2D eigenvalue weighted by atomic mass is 9.83. The number of rotatable bonds is 2. The Balaban J connectivity index is 2.00. The first-order valence-corrected chi connectivity index (χ1v) is 7.90. The Morgan fingerprint density at radius 3 is 2.86 bits per heavy atom. The molecule has 3 aromatic rings. The van der Waals surface area contributed by atoms with Crippen LogP contribution < -0.4 is 5.56 Å². The predicted octanol–water partition coefficient (Wildman–Crippen LogP) is 3.64. The van der Waals surface area contributed by atoms with Gasteiger partial charge < -0.3 is 4.42 Å². The quantitative estimate of drug-likeness (QED) is 0.785. The van der Waals surface area contributed by atoms with E-state index in [4.69, 9.17) is 9.40 Å². The normalized spacial score (nSPS) is 16.4. The third kappa shape index (κ3) is 2.08. The van der Waals surface area contributed by atoms with E-state index in [1.54, 1.807) is 10.8 Å². The van der Waals surface area contributed by atoms with E-state index in [9.17, 15) is 4.79 Å². The average Bonchev–Trinajstić information content (AvgIpc) is 3.17. The Morgan fingerprint density at radius 1 is 1.32 bits per heavy atom. The lowest BCUT2D eigenvalue weighted by molar-refractivity contribution is 0.439. The summed E-state index contributed by atoms with van der Waals surface area (Å²) in [7, 11) is 0. The van der Waals surface area contributed by atoms with E-state index in [1.165, 1.54) is 19.3 Å². The number of fused-ring (bicyclic) bond motifs is 1. The van der Waals surface area contributed by atoms with E-state index in [1.807, 2.05) is 25.1 Å². The molecule has 0 atom stereocenters. The van der Waals surface area contributed by atoms with E-state index in [0.29, 0.717) is 17.1 Å². The molecule has 0 amide bonds. The van der Waals surface area contributed by atoms with Gasteiger partial charge in [0, 0.05) is 11.8 Å². The highest BCUT2D eigenvalue weighted by Crippen LogP contribution is 2.35. The van der Waals surface area contributed by atoms with Crippen molar-refractivity contribution in [1.82, 2.24) is 14.6 Å². The van der Waals surface area contributed by atoms with Crippen LogP contribution in [0.4, 0.5) is 0 Å². The van der Waals surface area contributed by atoms with Crippen LogP contribution in [0.5, 0.6) is 0 Å². The monoisotopic (exact) mass is 297 g/mol. The summed E-state index contributed by atoms with van der Waals surface area (Å²) in [5.74, 6) is 0.952. The van der Waals surface area contributed by atoms with Crippen LogP contribution >= 0.6 is 0 Å². The highest BCUT2D eigenvalue weighted by molar-refractivity contribution is 5.61. The SMILES string of the molecule is Cc1cc2nc(-c3ccco3)c(C3CCCCC3)c(=O)n2[nH]1. The molecule has 0 spiro atoms. The molecule has 22 heavy (non-hydrogen) atoms. The molecule has 0 saturated heterocycles. The lowest BCUT2D eigenvalue weighted by Crippen LogP contribution is -2.25. The molecule has 3 aromatic heterocycles. The summed E-state index contributed by atoms with van der Waals surface area (Å²) in [4.78, 5) is 17.7. The molecule has 0 aromatic carbocycles. The van der Waals surface area contributed by atoms with Crippen molar-refractivity contribution >= 4 is 5.65 Å². The summed E-state index contributed by atoms with van der Waals surface area (Å²) in [6.45, 7) is 1.93. The van der Waals surface area contributed by atoms with E-state index in [2.05, 4.69) is 5.10 Å². The van der Waals surface area contributed by atoms with Crippen LogP contribution in [-0.4, -0.2) is 14.6 Å². The number of hydrogen-bond acceptors (Lipinski definition) is 3. The van der Waals surface area contributed by atoms with Crippen molar-refractivity contribution in [1.29, 1.82) is 0 Å². The largest absolute Gasteiger partial charge is 0.463 e. The summed E-state index contributed by atoms with van der Waals surface area (Å²) < 4.78 is 7.10. The second-order valence-corrected chi connectivity index (χ2v) is 6.12. The van der Waals surface area contributed by atoms with Gasteiger partial charge in [0.15, 0.2) is 11.4 Å². The number of H-pyrrole nitrogens is 1. The molecule has 0 aliphatic heterocycles. The van der Waals surface area contributed by atoms with Gasteiger partial charge in [0.2, 0.25) is 0 Å². The molecule has 0 radical (unpaired) electrons. The Bertz CT molecular complexity index is 852. The van der Waals surface area contributed by atoms with E-state index in [0.717, 1.165) is 24.1 Å². The molecule has 1 N–H and O–H groups in total. The third-order valence-electron chi connectivity index (χ3n) is 4.55. The zero-order valence-corrected chi connectivity index (χ0v) is 12.6. The zero-order chi connectivity index (χ0) is 15.1. The Labute approximate surface area is 128 Å². The number of aromatic amines is 1. The summed E-state index contributed by atoms with van der Waals surface area (Å²) in [6.07, 6.45) is 7.34. The minimum Gasteiger partial charge on any atom is -0.463 e. The molecule has 1 aliphatic rings. The minimum absolute atomic E-state index is 0.0106. The third-order valence-corrected chi connectivity index (χ3v) is 4.55. The molecule has 114 valence electrons. The van der Waals surface area contributed by atoms with Crippen LogP contribution in [0.15, 0.2) is 33.7 Å². The zero-order valence-electron chi connectivity index (χ0n) is 12.6. The topological polar surface area (TPSA) is 63.3 Å². The number of furan rings is 1. The Morgan fingerprint density at radius 2 is 2.14 bits per heavy atom. The van der Waals surface area contributed by atoms with Gasteiger partial charge in [-0.25, -0.2) is 9.50 Å². The fourth-order valence-corrected chi connectivity index (χ4v) is 3.52. The van der Waals surface area contributed by atoms with Gasteiger partial charge >= 0.3 is 0 Å². The van der Waals surface area contributed by atoms with Crippen LogP contribution in [0, 0.1) is 6.92 Å². The first-order chi connectivity index (χ1) is 10.7. The van der Waals surface area contributed by atoms with Gasteiger partial charge in [0.25, 0.3) is 5.56 Å². The fraction of sp³-hybridized carbons (Fsp3) is 0.412. The number of nitrogens with one attached hydrogen (secondary N) is 1. The van der Waals surface area contributed by atoms with Gasteiger partial charge in [-0.1, -0.05) is 19.3 Å². The maximum atomic E-state index is 13.0. The van der Waals surface area contributed by atoms with Crippen molar-refractivity contribution in [2.24, 2.45) is 0 Å². The first-order valence-electron chi connectivity index (χ1n) is 7.90. The van der Waals surface area contributed by atoms with Crippen LogP contribution in [0.1, 0.15) is 49.3 Å². The molecular weight excluding hydrogens is 278 g/mol. The molecule has 5 heteroatoms. The van der Waals surface area contributed by atoms with Crippen molar-refractivity contribution in [2.75, 3.05) is 0 Å². The number of hydrogen-bond donors (Lipinski definition) is 1. The minimum atomic E-state index is 0.0106. The Kier molecular flexibility index (Phi) is 3.13. The molecule has 5 nitrogen and oxygen atoms in total. The average molecular weight is 297 g/mol. The van der Waals surface area contributed by atoms with Gasteiger partial charge in [-0.05, 0) is 37.8 Å². The summed E-state index contributed by atoms with van der Waals surface area (Å²) in [6, 6.07) is 5.61. The van der Waals surface area contributed by atoms with Crippen molar-refractivity contribution in [2.45, 2.75) is 44.9 Å². The van der Waals surface area contributed by atoms with Crippen LogP contribution in [-0.2, 0) is 0 Å². The van der Waals surface area contributed by atoms with Gasteiger partial charge in [-0.2, -0.15) is 0 Å². The highest BCUT2D eigenvalue weighted by atomic mass is 16.3. The van der Waals surface area contributed by atoms with Crippen molar-refractivity contribution in [3.8, 4) is 11.5 Å². The summed E-state index contributed by atoms with van der Waals surface area (Å²) in [5, 5.41) is 3.09. The molecule has 3 heterocycles. The van der Waals surface area contributed by atoms with Gasteiger partial charge in [-0.15, -0.1) is 0 Å². The van der Waals surface area contributed by atoms with Crippen molar-refractivity contribution < 1.29 is 4.42 Å². The predicted molar refractivity (Wildman–Crippen MR) is 84.1 cm³/mol. The van der Waals surface area contributed by atoms with Crippen molar-refractivity contribution in [3.63, 3.8) is 0 Å². The molecule has 0 bridgehead atoms. The van der Waals surface area contributed by atoms with Gasteiger partial charge in [-0.3, -0.25) is 9.89 Å². The maximum absolute atomic E-state index is 13.0. The highest BCUT2D eigenvalue weighted by Gasteiger charge is 2.26.